The number of hydrogen-bond donors (Lipinski definition) is 0. The van der Waals surface area contributed by atoms with E-state index in [9.17, 15) is 0 Å². The highest BCUT2D eigenvalue weighted by Crippen LogP contribution is 2.41. The molecule has 1 heterocycles. The van der Waals surface area contributed by atoms with Crippen molar-refractivity contribution in [2.45, 2.75) is 0 Å². The Kier molecular flexibility index (Phi) is 3.39. The molecule has 0 saturated heterocycles. The minimum Gasteiger partial charge on any atom is -0.493 e. The molecule has 3 nitrogen and oxygen atoms in total. The fourth-order valence-electron chi connectivity index (χ4n) is 1.54. The van der Waals surface area contributed by atoms with Crippen molar-refractivity contribution in [2.75, 3.05) is 14.2 Å². The van der Waals surface area contributed by atoms with Gasteiger partial charge < -0.3 is 9.47 Å². The molecule has 0 atom stereocenters. The maximum absolute atomic E-state index is 6.25. The van der Waals surface area contributed by atoms with Gasteiger partial charge in [-0.15, -0.1) is 0 Å². The first-order valence-corrected chi connectivity index (χ1v) is 5.98. The summed E-state index contributed by atoms with van der Waals surface area (Å²) >= 11 is 8.46. The molecule has 0 spiro atoms. The number of fused-ring (bicyclic) bond motifs is 1. The first-order chi connectivity index (χ1) is 7.69. The van der Waals surface area contributed by atoms with E-state index in [1.54, 1.807) is 26.6 Å². The van der Waals surface area contributed by atoms with Crippen LogP contribution in [0.3, 0.4) is 0 Å². The third kappa shape index (κ3) is 1.80. The van der Waals surface area contributed by atoms with Crippen molar-refractivity contribution < 1.29 is 9.47 Å². The minimum atomic E-state index is 0.530. The summed E-state index contributed by atoms with van der Waals surface area (Å²) in [7, 11) is 3.16. The number of methoxy groups -OCH3 is 2. The second-order valence-electron chi connectivity index (χ2n) is 3.14. The van der Waals surface area contributed by atoms with Crippen molar-refractivity contribution in [2.24, 2.45) is 0 Å². The summed E-state index contributed by atoms with van der Waals surface area (Å²) in [5.74, 6) is 1.17. The van der Waals surface area contributed by atoms with Crippen LogP contribution in [0, 0.1) is 3.57 Å². The van der Waals surface area contributed by atoms with E-state index >= 15 is 0 Å². The zero-order chi connectivity index (χ0) is 11.7. The molecule has 16 heavy (non-hydrogen) atoms. The van der Waals surface area contributed by atoms with E-state index in [2.05, 4.69) is 27.6 Å². The lowest BCUT2D eigenvalue weighted by atomic mass is 10.1. The Balaban J connectivity index is 2.87. The summed E-state index contributed by atoms with van der Waals surface area (Å²) in [5.41, 5.74) is 0. The van der Waals surface area contributed by atoms with Gasteiger partial charge in [-0.25, -0.2) is 0 Å². The molecule has 0 radical (unpaired) electrons. The fraction of sp³-hybridized carbons (Fsp3) is 0.182. The second-order valence-corrected chi connectivity index (χ2v) is 4.68. The molecule has 1 aromatic heterocycles. The molecule has 0 aliphatic rings. The SMILES string of the molecule is COc1cc2c(I)cncc2c(Cl)c1OC. The van der Waals surface area contributed by atoms with Crippen LogP contribution in [-0.4, -0.2) is 19.2 Å². The smallest absolute Gasteiger partial charge is 0.180 e. The maximum atomic E-state index is 6.25. The first-order valence-electron chi connectivity index (χ1n) is 4.52. The Labute approximate surface area is 112 Å². The molecular formula is C11H9ClINO2. The predicted octanol–water partition coefficient (Wildman–Crippen LogP) is 3.51. The van der Waals surface area contributed by atoms with Crippen molar-refractivity contribution in [3.8, 4) is 11.5 Å². The van der Waals surface area contributed by atoms with E-state index in [0.29, 0.717) is 16.5 Å². The zero-order valence-corrected chi connectivity index (χ0v) is 11.7. The lowest BCUT2D eigenvalue weighted by molar-refractivity contribution is 0.356. The monoisotopic (exact) mass is 349 g/mol. The molecule has 0 saturated carbocycles. The largest absolute Gasteiger partial charge is 0.493 e. The Bertz CT molecular complexity index is 545. The minimum absolute atomic E-state index is 0.530. The molecule has 1 aromatic carbocycles. The third-order valence-electron chi connectivity index (χ3n) is 2.30. The van der Waals surface area contributed by atoms with E-state index in [4.69, 9.17) is 21.1 Å². The van der Waals surface area contributed by atoms with Gasteiger partial charge in [-0.1, -0.05) is 11.6 Å². The summed E-state index contributed by atoms with van der Waals surface area (Å²) in [5, 5.41) is 2.41. The van der Waals surface area contributed by atoms with E-state index in [0.717, 1.165) is 14.3 Å². The lowest BCUT2D eigenvalue weighted by Gasteiger charge is -2.12. The molecule has 0 bridgehead atoms. The summed E-state index contributed by atoms with van der Waals surface area (Å²) < 4.78 is 11.5. The standard InChI is InChI=1S/C11H9ClINO2/c1-15-9-3-6-7(4-14-5-8(6)13)10(12)11(9)16-2/h3-5H,1-2H3. The van der Waals surface area contributed by atoms with E-state index in [1.807, 2.05) is 6.07 Å². The summed E-state index contributed by atoms with van der Waals surface area (Å²) in [6.07, 6.45) is 3.51. The number of hydrogen-bond acceptors (Lipinski definition) is 3. The molecule has 0 unspecified atom stereocenters. The number of aromatic nitrogens is 1. The normalized spacial score (nSPS) is 10.5. The maximum Gasteiger partial charge on any atom is 0.180 e. The number of pyridine rings is 1. The molecule has 84 valence electrons. The van der Waals surface area contributed by atoms with Gasteiger partial charge in [0.25, 0.3) is 0 Å². The van der Waals surface area contributed by atoms with Gasteiger partial charge in [0.2, 0.25) is 0 Å². The first kappa shape index (κ1) is 11.7. The second kappa shape index (κ2) is 4.63. The topological polar surface area (TPSA) is 31.4 Å². The highest BCUT2D eigenvalue weighted by Gasteiger charge is 2.14. The van der Waals surface area contributed by atoms with E-state index in [1.165, 1.54) is 0 Å². The average Bonchev–Trinajstić information content (AvgIpc) is 2.30. The average molecular weight is 350 g/mol. The van der Waals surface area contributed by atoms with Crippen LogP contribution in [0.1, 0.15) is 0 Å². The van der Waals surface area contributed by atoms with Crippen LogP contribution in [0.15, 0.2) is 18.5 Å². The van der Waals surface area contributed by atoms with Gasteiger partial charge in [0.1, 0.15) is 0 Å². The van der Waals surface area contributed by atoms with Crippen molar-refractivity contribution in [3.63, 3.8) is 0 Å². The number of nitrogens with zero attached hydrogens (tertiary/aromatic N) is 1. The van der Waals surface area contributed by atoms with Gasteiger partial charge in [0.05, 0.1) is 19.2 Å². The summed E-state index contributed by atoms with van der Waals surface area (Å²) in [6, 6.07) is 1.91. The van der Waals surface area contributed by atoms with Crippen LogP contribution in [0.4, 0.5) is 0 Å². The van der Waals surface area contributed by atoms with Crippen LogP contribution >= 0.6 is 34.2 Å². The van der Waals surface area contributed by atoms with Crippen LogP contribution in [0.5, 0.6) is 11.5 Å². The van der Waals surface area contributed by atoms with Gasteiger partial charge >= 0.3 is 0 Å². The molecular weight excluding hydrogens is 340 g/mol. The van der Waals surface area contributed by atoms with Gasteiger partial charge in [-0.05, 0) is 28.7 Å². The number of rotatable bonds is 2. The fourth-order valence-corrected chi connectivity index (χ4v) is 2.46. The van der Waals surface area contributed by atoms with Gasteiger partial charge in [0, 0.05) is 26.7 Å². The molecule has 0 aliphatic heterocycles. The Morgan fingerprint density at radius 2 is 1.94 bits per heavy atom. The number of benzene rings is 1. The number of ether oxygens (including phenoxy) is 2. The van der Waals surface area contributed by atoms with Crippen LogP contribution in [-0.2, 0) is 0 Å². The highest BCUT2D eigenvalue weighted by atomic mass is 127. The molecule has 5 heteroatoms. The molecule has 2 aromatic rings. The van der Waals surface area contributed by atoms with Crippen molar-refractivity contribution >= 4 is 45.0 Å². The quantitative estimate of drug-likeness (QED) is 0.778. The van der Waals surface area contributed by atoms with Gasteiger partial charge in [0.15, 0.2) is 11.5 Å². The zero-order valence-electron chi connectivity index (χ0n) is 8.75. The summed E-state index contributed by atoms with van der Waals surface area (Å²) in [6.45, 7) is 0. The molecule has 0 fully saturated rings. The lowest BCUT2D eigenvalue weighted by Crippen LogP contribution is -1.93. The van der Waals surface area contributed by atoms with Gasteiger partial charge in [-0.2, -0.15) is 0 Å². The Morgan fingerprint density at radius 3 is 2.56 bits per heavy atom. The van der Waals surface area contributed by atoms with Gasteiger partial charge in [-0.3, -0.25) is 4.98 Å². The van der Waals surface area contributed by atoms with Crippen LogP contribution in [0.25, 0.3) is 10.8 Å². The van der Waals surface area contributed by atoms with Crippen molar-refractivity contribution in [3.05, 3.63) is 27.1 Å². The van der Waals surface area contributed by atoms with Crippen LogP contribution < -0.4 is 9.47 Å². The Hall–Kier alpha value is -0.750. The summed E-state index contributed by atoms with van der Waals surface area (Å²) in [4.78, 5) is 4.12. The van der Waals surface area contributed by atoms with Crippen LogP contribution in [0.2, 0.25) is 5.02 Å². The highest BCUT2D eigenvalue weighted by molar-refractivity contribution is 14.1. The predicted molar refractivity (Wildman–Crippen MR) is 72.6 cm³/mol. The van der Waals surface area contributed by atoms with E-state index < -0.39 is 0 Å². The molecule has 0 N–H and O–H groups in total. The van der Waals surface area contributed by atoms with E-state index in [-0.39, 0.29) is 0 Å². The molecule has 2 rings (SSSR count). The van der Waals surface area contributed by atoms with Crippen molar-refractivity contribution in [1.82, 2.24) is 4.98 Å². The third-order valence-corrected chi connectivity index (χ3v) is 3.53. The van der Waals surface area contributed by atoms with Crippen molar-refractivity contribution in [1.29, 1.82) is 0 Å². The molecule has 0 aliphatic carbocycles. The molecule has 0 amide bonds. The number of halogens is 2. The Morgan fingerprint density at radius 1 is 1.19 bits per heavy atom.